The van der Waals surface area contributed by atoms with Crippen molar-refractivity contribution in [3.8, 4) is 0 Å². The van der Waals surface area contributed by atoms with Crippen LogP contribution in [0, 0.1) is 13.8 Å². The minimum Gasteiger partial charge on any atom is -0.331 e. The lowest BCUT2D eigenvalue weighted by molar-refractivity contribution is -0.134. The van der Waals surface area contributed by atoms with E-state index in [1.165, 1.54) is 6.92 Å². The lowest BCUT2D eigenvalue weighted by Gasteiger charge is -2.26. The molecule has 0 aliphatic carbocycles. The van der Waals surface area contributed by atoms with Crippen LogP contribution in [0.4, 0.5) is 5.69 Å². The second-order valence-electron chi connectivity index (χ2n) is 5.33. The first kappa shape index (κ1) is 16.2. The fraction of sp³-hybridized carbons (Fsp3) is 0.500. The Hall–Kier alpha value is -1.84. The largest absolute Gasteiger partial charge is 0.331 e. The Balaban J connectivity index is 2.73. The van der Waals surface area contributed by atoms with Crippen molar-refractivity contribution in [1.82, 2.24) is 4.90 Å². The number of benzene rings is 1. The van der Waals surface area contributed by atoms with Crippen molar-refractivity contribution in [3.63, 3.8) is 0 Å². The van der Waals surface area contributed by atoms with E-state index in [1.807, 2.05) is 39.8 Å². The molecule has 20 heavy (non-hydrogen) atoms. The quantitative estimate of drug-likeness (QED) is 0.899. The Morgan fingerprint density at radius 1 is 1.20 bits per heavy atom. The molecule has 1 aromatic rings. The highest BCUT2D eigenvalue weighted by atomic mass is 16.2. The first-order valence-corrected chi connectivity index (χ1v) is 6.98. The lowest BCUT2D eigenvalue weighted by Crippen LogP contribution is -2.42. The van der Waals surface area contributed by atoms with Crippen molar-refractivity contribution >= 4 is 17.5 Å². The number of rotatable bonds is 5. The molecular formula is C16H24N2O2. The number of carbonyl (C=O) groups is 2. The average Bonchev–Trinajstić information content (AvgIpc) is 2.33. The predicted octanol–water partition coefficient (Wildman–Crippen LogP) is 2.89. The van der Waals surface area contributed by atoms with Crippen molar-refractivity contribution in [2.75, 3.05) is 11.9 Å². The van der Waals surface area contributed by atoms with Crippen molar-refractivity contribution in [3.05, 3.63) is 29.3 Å². The highest BCUT2D eigenvalue weighted by molar-refractivity contribution is 5.94. The molecule has 0 bridgehead atoms. The zero-order valence-corrected chi connectivity index (χ0v) is 13.0. The van der Waals surface area contributed by atoms with Crippen molar-refractivity contribution < 1.29 is 9.59 Å². The highest BCUT2D eigenvalue weighted by Crippen LogP contribution is 2.14. The van der Waals surface area contributed by atoms with E-state index < -0.39 is 0 Å². The summed E-state index contributed by atoms with van der Waals surface area (Å²) in [5.41, 5.74) is 2.98. The smallest absolute Gasteiger partial charge is 0.244 e. The molecule has 2 amide bonds. The van der Waals surface area contributed by atoms with Crippen LogP contribution in [0.1, 0.15) is 38.3 Å². The SMILES string of the molecule is CCC(C)N(CC(=O)Nc1cc(C)cc(C)c1)C(C)=O. The van der Waals surface area contributed by atoms with Gasteiger partial charge in [0.1, 0.15) is 6.54 Å². The first-order chi connectivity index (χ1) is 9.33. The van der Waals surface area contributed by atoms with E-state index in [4.69, 9.17) is 0 Å². The molecule has 1 rings (SSSR count). The molecule has 0 saturated carbocycles. The van der Waals surface area contributed by atoms with Gasteiger partial charge in [-0.2, -0.15) is 0 Å². The van der Waals surface area contributed by atoms with Gasteiger partial charge in [0.25, 0.3) is 0 Å². The molecule has 0 radical (unpaired) electrons. The van der Waals surface area contributed by atoms with Crippen LogP contribution >= 0.6 is 0 Å². The van der Waals surface area contributed by atoms with E-state index in [2.05, 4.69) is 11.4 Å². The Bertz CT molecular complexity index is 477. The minimum atomic E-state index is -0.162. The van der Waals surface area contributed by atoms with Crippen LogP contribution in [0.25, 0.3) is 0 Å². The number of nitrogens with zero attached hydrogens (tertiary/aromatic N) is 1. The maximum Gasteiger partial charge on any atom is 0.244 e. The molecule has 4 nitrogen and oxygen atoms in total. The van der Waals surface area contributed by atoms with E-state index in [1.54, 1.807) is 4.90 Å². The second-order valence-corrected chi connectivity index (χ2v) is 5.33. The molecule has 0 aliphatic heterocycles. The monoisotopic (exact) mass is 276 g/mol. The average molecular weight is 276 g/mol. The van der Waals surface area contributed by atoms with Gasteiger partial charge in [-0.05, 0) is 50.5 Å². The summed E-state index contributed by atoms with van der Waals surface area (Å²) in [6.07, 6.45) is 0.830. The van der Waals surface area contributed by atoms with Gasteiger partial charge in [0.05, 0.1) is 0 Å². The van der Waals surface area contributed by atoms with Gasteiger partial charge in [-0.1, -0.05) is 13.0 Å². The molecule has 1 N–H and O–H groups in total. The molecule has 0 fully saturated rings. The third-order valence-corrected chi connectivity index (χ3v) is 3.35. The van der Waals surface area contributed by atoms with Crippen LogP contribution in [0.15, 0.2) is 18.2 Å². The van der Waals surface area contributed by atoms with Crippen LogP contribution in [0.2, 0.25) is 0 Å². The van der Waals surface area contributed by atoms with E-state index in [0.717, 1.165) is 23.2 Å². The molecule has 1 atom stereocenters. The van der Waals surface area contributed by atoms with Crippen molar-refractivity contribution in [1.29, 1.82) is 0 Å². The summed E-state index contributed by atoms with van der Waals surface area (Å²) >= 11 is 0. The van der Waals surface area contributed by atoms with Crippen LogP contribution < -0.4 is 5.32 Å². The molecule has 4 heteroatoms. The fourth-order valence-electron chi connectivity index (χ4n) is 2.20. The summed E-state index contributed by atoms with van der Waals surface area (Å²) in [7, 11) is 0. The van der Waals surface area contributed by atoms with Crippen molar-refractivity contribution in [2.45, 2.75) is 47.1 Å². The fourth-order valence-corrected chi connectivity index (χ4v) is 2.20. The third kappa shape index (κ3) is 4.68. The molecule has 0 saturated heterocycles. The molecule has 0 aromatic heterocycles. The van der Waals surface area contributed by atoms with Gasteiger partial charge in [0.15, 0.2) is 0 Å². The number of hydrogen-bond donors (Lipinski definition) is 1. The molecule has 0 heterocycles. The van der Waals surface area contributed by atoms with Gasteiger partial charge in [-0.25, -0.2) is 0 Å². The van der Waals surface area contributed by atoms with E-state index >= 15 is 0 Å². The summed E-state index contributed by atoms with van der Waals surface area (Å²) in [6, 6.07) is 5.97. The predicted molar refractivity (Wildman–Crippen MR) is 81.7 cm³/mol. The number of carbonyl (C=O) groups excluding carboxylic acids is 2. The Morgan fingerprint density at radius 2 is 1.75 bits per heavy atom. The zero-order valence-electron chi connectivity index (χ0n) is 13.0. The zero-order chi connectivity index (χ0) is 15.3. The summed E-state index contributed by atoms with van der Waals surface area (Å²) < 4.78 is 0. The van der Waals surface area contributed by atoms with Gasteiger partial charge >= 0.3 is 0 Å². The molecule has 0 aliphatic rings. The minimum absolute atomic E-state index is 0.0671. The standard InChI is InChI=1S/C16H24N2O2/c1-6-13(4)18(14(5)19)10-16(20)17-15-8-11(2)7-12(3)9-15/h7-9,13H,6,10H2,1-5H3,(H,17,20). The Labute approximate surface area is 121 Å². The molecular weight excluding hydrogens is 252 g/mol. The summed E-state index contributed by atoms with van der Waals surface area (Å²) in [4.78, 5) is 25.2. The van der Waals surface area contributed by atoms with Crippen LogP contribution in [-0.2, 0) is 9.59 Å². The number of anilines is 1. The lowest BCUT2D eigenvalue weighted by atomic mass is 10.1. The summed E-state index contributed by atoms with van der Waals surface area (Å²) in [5, 5.41) is 2.86. The summed E-state index contributed by atoms with van der Waals surface area (Å²) in [6.45, 7) is 9.52. The normalized spacial score (nSPS) is 11.8. The van der Waals surface area contributed by atoms with Crippen LogP contribution in [0.5, 0.6) is 0 Å². The van der Waals surface area contributed by atoms with Crippen LogP contribution in [-0.4, -0.2) is 29.3 Å². The number of aryl methyl sites for hydroxylation is 2. The van der Waals surface area contributed by atoms with Gasteiger partial charge in [-0.15, -0.1) is 0 Å². The molecule has 0 spiro atoms. The van der Waals surface area contributed by atoms with Crippen LogP contribution in [0.3, 0.4) is 0 Å². The van der Waals surface area contributed by atoms with Crippen molar-refractivity contribution in [2.24, 2.45) is 0 Å². The number of amides is 2. The molecule has 110 valence electrons. The van der Waals surface area contributed by atoms with Gasteiger partial charge in [-0.3, -0.25) is 9.59 Å². The Morgan fingerprint density at radius 3 is 2.20 bits per heavy atom. The maximum atomic E-state index is 12.1. The third-order valence-electron chi connectivity index (χ3n) is 3.35. The van der Waals surface area contributed by atoms with E-state index in [0.29, 0.717) is 0 Å². The van der Waals surface area contributed by atoms with Gasteiger partial charge in [0.2, 0.25) is 11.8 Å². The van der Waals surface area contributed by atoms with Gasteiger partial charge in [0, 0.05) is 18.7 Å². The Kier molecular flexibility index (Phi) is 5.74. The number of hydrogen-bond acceptors (Lipinski definition) is 2. The maximum absolute atomic E-state index is 12.1. The van der Waals surface area contributed by atoms with E-state index in [-0.39, 0.29) is 24.4 Å². The molecule has 1 unspecified atom stereocenters. The number of nitrogens with one attached hydrogen (secondary N) is 1. The topological polar surface area (TPSA) is 49.4 Å². The van der Waals surface area contributed by atoms with E-state index in [9.17, 15) is 9.59 Å². The first-order valence-electron chi connectivity index (χ1n) is 6.98. The second kappa shape index (κ2) is 7.08. The highest BCUT2D eigenvalue weighted by Gasteiger charge is 2.18. The molecule has 1 aromatic carbocycles. The van der Waals surface area contributed by atoms with Gasteiger partial charge < -0.3 is 10.2 Å². The summed E-state index contributed by atoms with van der Waals surface area (Å²) in [5.74, 6) is -0.236.